The van der Waals surface area contributed by atoms with Crippen molar-refractivity contribution in [3.05, 3.63) is 11.3 Å². The first-order valence-electron chi connectivity index (χ1n) is 5.47. The average molecular weight is 258 g/mol. The summed E-state index contributed by atoms with van der Waals surface area (Å²) in [5.74, 6) is -3.23. The Morgan fingerprint density at radius 2 is 2.17 bits per heavy atom. The van der Waals surface area contributed by atoms with Gasteiger partial charge in [-0.1, -0.05) is 0 Å². The van der Waals surface area contributed by atoms with Gasteiger partial charge in [-0.05, 0) is 13.8 Å². The van der Waals surface area contributed by atoms with E-state index in [2.05, 4.69) is 0 Å². The van der Waals surface area contributed by atoms with Gasteiger partial charge in [-0.15, -0.1) is 0 Å². The molecular formula is C11H14O7. The molecule has 2 aliphatic heterocycles. The minimum atomic E-state index is -1.21. The lowest BCUT2D eigenvalue weighted by Gasteiger charge is -2.20. The van der Waals surface area contributed by atoms with Crippen molar-refractivity contribution in [2.45, 2.75) is 38.3 Å². The van der Waals surface area contributed by atoms with Gasteiger partial charge in [0.25, 0.3) is 0 Å². The van der Waals surface area contributed by atoms with Crippen LogP contribution in [0.25, 0.3) is 0 Å². The molecular weight excluding hydrogens is 244 g/mol. The van der Waals surface area contributed by atoms with Crippen molar-refractivity contribution in [3.63, 3.8) is 0 Å². The van der Waals surface area contributed by atoms with Crippen LogP contribution >= 0.6 is 0 Å². The van der Waals surface area contributed by atoms with E-state index in [1.165, 1.54) is 0 Å². The molecule has 0 aliphatic carbocycles. The van der Waals surface area contributed by atoms with Crippen LogP contribution in [0.3, 0.4) is 0 Å². The summed E-state index contributed by atoms with van der Waals surface area (Å²) in [6, 6.07) is 0. The summed E-state index contributed by atoms with van der Waals surface area (Å²) in [6.07, 6.45) is -2.19. The van der Waals surface area contributed by atoms with Gasteiger partial charge in [0.2, 0.25) is 0 Å². The molecule has 0 aromatic heterocycles. The number of cyclic esters (lactones) is 1. The number of hydrogen-bond donors (Lipinski definition) is 2. The Morgan fingerprint density at radius 1 is 1.50 bits per heavy atom. The second-order valence-electron chi connectivity index (χ2n) is 4.63. The predicted octanol–water partition coefficient (Wildman–Crippen LogP) is 0.350. The van der Waals surface area contributed by atoms with Crippen molar-refractivity contribution >= 4 is 11.9 Å². The third kappa shape index (κ3) is 2.32. The maximum Gasteiger partial charge on any atom is 0.338 e. The molecule has 2 heterocycles. The predicted molar refractivity (Wildman–Crippen MR) is 56.7 cm³/mol. The first-order chi connectivity index (χ1) is 8.30. The van der Waals surface area contributed by atoms with Gasteiger partial charge in [0.05, 0.1) is 18.6 Å². The number of aliphatic hydroxyl groups excluding tert-OH is 1. The highest BCUT2D eigenvalue weighted by molar-refractivity contribution is 5.96. The Kier molecular flexibility index (Phi) is 3.04. The first-order valence-corrected chi connectivity index (χ1v) is 5.47. The number of ether oxygens (including phenoxy) is 3. The van der Waals surface area contributed by atoms with Crippen LogP contribution in [0.15, 0.2) is 11.3 Å². The van der Waals surface area contributed by atoms with E-state index in [0.29, 0.717) is 0 Å². The van der Waals surface area contributed by atoms with Crippen molar-refractivity contribution < 1.29 is 34.0 Å². The Hall–Kier alpha value is -1.60. The van der Waals surface area contributed by atoms with Gasteiger partial charge in [0, 0.05) is 0 Å². The molecule has 1 fully saturated rings. The van der Waals surface area contributed by atoms with E-state index in [1.807, 2.05) is 0 Å². The SMILES string of the molecule is CC1(C)OC[C@@H]([C@H]2OC(=O)C(CC(=O)O)=C2O)O1. The Morgan fingerprint density at radius 3 is 2.67 bits per heavy atom. The summed E-state index contributed by atoms with van der Waals surface area (Å²) in [5, 5.41) is 18.5. The number of hydrogen-bond acceptors (Lipinski definition) is 6. The van der Waals surface area contributed by atoms with Crippen molar-refractivity contribution in [1.82, 2.24) is 0 Å². The molecule has 0 unspecified atom stereocenters. The van der Waals surface area contributed by atoms with Crippen LogP contribution in [0.5, 0.6) is 0 Å². The van der Waals surface area contributed by atoms with E-state index in [1.54, 1.807) is 13.8 Å². The minimum Gasteiger partial charge on any atom is -0.508 e. The topological polar surface area (TPSA) is 102 Å². The second kappa shape index (κ2) is 4.25. The number of esters is 1. The summed E-state index contributed by atoms with van der Waals surface area (Å²) in [5.41, 5.74) is -0.235. The largest absolute Gasteiger partial charge is 0.508 e. The number of aliphatic hydroxyl groups is 1. The van der Waals surface area contributed by atoms with Crippen LogP contribution in [-0.4, -0.2) is 46.8 Å². The number of rotatable bonds is 3. The summed E-state index contributed by atoms with van der Waals surface area (Å²) in [7, 11) is 0. The van der Waals surface area contributed by atoms with Crippen LogP contribution in [0.2, 0.25) is 0 Å². The lowest BCUT2D eigenvalue weighted by atomic mass is 10.1. The molecule has 7 nitrogen and oxygen atoms in total. The summed E-state index contributed by atoms with van der Waals surface area (Å²) in [4.78, 5) is 22.0. The molecule has 18 heavy (non-hydrogen) atoms. The van der Waals surface area contributed by atoms with Gasteiger partial charge in [-0.3, -0.25) is 4.79 Å². The molecule has 0 saturated carbocycles. The monoisotopic (exact) mass is 258 g/mol. The van der Waals surface area contributed by atoms with E-state index in [0.717, 1.165) is 0 Å². The molecule has 0 radical (unpaired) electrons. The smallest absolute Gasteiger partial charge is 0.338 e. The highest BCUT2D eigenvalue weighted by Crippen LogP contribution is 2.32. The quantitative estimate of drug-likeness (QED) is 0.704. The van der Waals surface area contributed by atoms with Gasteiger partial charge in [-0.25, -0.2) is 4.79 Å². The number of carboxylic acids is 1. The van der Waals surface area contributed by atoms with E-state index < -0.39 is 36.4 Å². The van der Waals surface area contributed by atoms with Gasteiger partial charge < -0.3 is 24.4 Å². The number of carbonyl (C=O) groups excluding carboxylic acids is 1. The maximum atomic E-state index is 11.4. The summed E-state index contributed by atoms with van der Waals surface area (Å²) < 4.78 is 15.7. The molecule has 100 valence electrons. The zero-order valence-corrected chi connectivity index (χ0v) is 10.0. The Labute approximate surface area is 103 Å². The zero-order chi connectivity index (χ0) is 13.5. The minimum absolute atomic E-state index is 0.162. The van der Waals surface area contributed by atoms with Gasteiger partial charge >= 0.3 is 11.9 Å². The van der Waals surface area contributed by atoms with Crippen LogP contribution in [0, 0.1) is 0 Å². The van der Waals surface area contributed by atoms with E-state index in [4.69, 9.17) is 19.3 Å². The molecule has 0 bridgehead atoms. The van der Waals surface area contributed by atoms with Crippen LogP contribution in [0.1, 0.15) is 20.3 Å². The van der Waals surface area contributed by atoms with Gasteiger partial charge in [-0.2, -0.15) is 0 Å². The van der Waals surface area contributed by atoms with E-state index in [-0.39, 0.29) is 17.9 Å². The molecule has 1 saturated heterocycles. The molecule has 2 atom stereocenters. The van der Waals surface area contributed by atoms with Crippen LogP contribution < -0.4 is 0 Å². The van der Waals surface area contributed by atoms with Crippen molar-refractivity contribution in [2.75, 3.05) is 6.61 Å². The molecule has 0 aromatic rings. The molecule has 0 spiro atoms. The van der Waals surface area contributed by atoms with Crippen molar-refractivity contribution in [2.24, 2.45) is 0 Å². The zero-order valence-electron chi connectivity index (χ0n) is 10.0. The van der Waals surface area contributed by atoms with Gasteiger partial charge in [0.1, 0.15) is 11.9 Å². The Balaban J connectivity index is 2.15. The Bertz CT molecular complexity index is 423. The average Bonchev–Trinajstić information content (AvgIpc) is 2.72. The van der Waals surface area contributed by atoms with E-state index >= 15 is 0 Å². The number of carbonyl (C=O) groups is 2. The van der Waals surface area contributed by atoms with Crippen LogP contribution in [-0.2, 0) is 23.8 Å². The number of carboxylic acid groups (broad SMARTS) is 1. The fourth-order valence-electron chi connectivity index (χ4n) is 1.95. The fourth-order valence-corrected chi connectivity index (χ4v) is 1.95. The molecule has 0 aromatic carbocycles. The van der Waals surface area contributed by atoms with E-state index in [9.17, 15) is 14.7 Å². The van der Waals surface area contributed by atoms with Crippen molar-refractivity contribution in [3.8, 4) is 0 Å². The molecule has 7 heteroatoms. The molecule has 2 aliphatic rings. The fraction of sp³-hybridized carbons (Fsp3) is 0.636. The third-order valence-corrected chi connectivity index (χ3v) is 2.76. The summed E-state index contributed by atoms with van der Waals surface area (Å²) in [6.45, 7) is 3.56. The molecule has 0 amide bonds. The van der Waals surface area contributed by atoms with Crippen LogP contribution in [0.4, 0.5) is 0 Å². The van der Waals surface area contributed by atoms with Crippen molar-refractivity contribution in [1.29, 1.82) is 0 Å². The molecule has 2 rings (SSSR count). The highest BCUT2D eigenvalue weighted by Gasteiger charge is 2.46. The highest BCUT2D eigenvalue weighted by atomic mass is 16.8. The second-order valence-corrected chi connectivity index (χ2v) is 4.63. The third-order valence-electron chi connectivity index (χ3n) is 2.76. The normalized spacial score (nSPS) is 30.7. The lowest BCUT2D eigenvalue weighted by molar-refractivity contribution is -0.162. The molecule has 2 N–H and O–H groups in total. The lowest BCUT2D eigenvalue weighted by Crippen LogP contribution is -2.32. The standard InChI is InChI=1S/C11H14O7/c1-11(2)16-4-6(18-11)9-8(14)5(3-7(12)13)10(15)17-9/h6,9,14H,3-4H2,1-2H3,(H,12,13)/t6-,9+/m0/s1. The van der Waals surface area contributed by atoms with Gasteiger partial charge in [0.15, 0.2) is 11.9 Å². The number of aliphatic carboxylic acids is 1. The first kappa shape index (κ1) is 12.8. The maximum absolute atomic E-state index is 11.4. The summed E-state index contributed by atoms with van der Waals surface area (Å²) >= 11 is 0.